The first-order valence-corrected chi connectivity index (χ1v) is 5.25. The number of para-hydroxylation sites is 1. The first kappa shape index (κ1) is 9.77. The van der Waals surface area contributed by atoms with Crippen LogP contribution in [-0.2, 0) is 0 Å². The standard InChI is InChI=1S/C12H10N4O/c1-8-14-11-10(7-13-15-11)12(17)16(8)9-5-3-2-4-6-9/h2-7H,1H3,(H,13,15). The van der Waals surface area contributed by atoms with E-state index >= 15 is 0 Å². The Morgan fingerprint density at radius 3 is 2.76 bits per heavy atom. The third-order valence-electron chi connectivity index (χ3n) is 2.66. The lowest BCUT2D eigenvalue weighted by molar-refractivity contribution is 0.891. The quantitative estimate of drug-likeness (QED) is 0.682. The summed E-state index contributed by atoms with van der Waals surface area (Å²) in [6.45, 7) is 1.80. The van der Waals surface area contributed by atoms with Crippen LogP contribution in [0.5, 0.6) is 0 Å². The highest BCUT2D eigenvalue weighted by molar-refractivity contribution is 5.72. The Morgan fingerprint density at radius 2 is 2.00 bits per heavy atom. The van der Waals surface area contributed by atoms with Gasteiger partial charge in [-0.05, 0) is 19.1 Å². The van der Waals surface area contributed by atoms with Crippen LogP contribution >= 0.6 is 0 Å². The van der Waals surface area contributed by atoms with Crippen LogP contribution in [0.3, 0.4) is 0 Å². The molecule has 0 amide bonds. The molecule has 17 heavy (non-hydrogen) atoms. The number of nitrogens with zero attached hydrogens (tertiary/aromatic N) is 3. The minimum atomic E-state index is -0.104. The smallest absolute Gasteiger partial charge is 0.268 e. The molecule has 0 saturated heterocycles. The van der Waals surface area contributed by atoms with Gasteiger partial charge < -0.3 is 0 Å². The van der Waals surface area contributed by atoms with E-state index in [1.165, 1.54) is 6.20 Å². The van der Waals surface area contributed by atoms with Gasteiger partial charge in [-0.2, -0.15) is 5.10 Å². The lowest BCUT2D eigenvalue weighted by atomic mass is 10.3. The lowest BCUT2D eigenvalue weighted by Crippen LogP contribution is -2.21. The summed E-state index contributed by atoms with van der Waals surface area (Å²) >= 11 is 0. The molecule has 2 aromatic heterocycles. The summed E-state index contributed by atoms with van der Waals surface area (Å²) in [5, 5.41) is 7.04. The van der Waals surface area contributed by atoms with Crippen LogP contribution < -0.4 is 5.56 Å². The van der Waals surface area contributed by atoms with E-state index in [-0.39, 0.29) is 5.56 Å². The van der Waals surface area contributed by atoms with Gasteiger partial charge in [0.1, 0.15) is 11.2 Å². The molecule has 1 N–H and O–H groups in total. The summed E-state index contributed by atoms with van der Waals surface area (Å²) in [6.07, 6.45) is 1.50. The molecule has 0 aliphatic rings. The summed E-state index contributed by atoms with van der Waals surface area (Å²) in [4.78, 5) is 16.6. The highest BCUT2D eigenvalue weighted by atomic mass is 16.1. The molecule has 0 atom stereocenters. The predicted molar refractivity (Wildman–Crippen MR) is 64.2 cm³/mol. The van der Waals surface area contributed by atoms with Crippen molar-refractivity contribution in [2.75, 3.05) is 0 Å². The average molecular weight is 226 g/mol. The molecule has 0 radical (unpaired) electrons. The third-order valence-corrected chi connectivity index (χ3v) is 2.66. The number of rotatable bonds is 1. The molecule has 3 aromatic rings. The molecule has 5 heteroatoms. The molecule has 3 rings (SSSR count). The van der Waals surface area contributed by atoms with Crippen molar-refractivity contribution in [3.63, 3.8) is 0 Å². The third kappa shape index (κ3) is 1.44. The Balaban J connectivity index is 2.40. The second kappa shape index (κ2) is 3.55. The Labute approximate surface area is 96.7 Å². The van der Waals surface area contributed by atoms with Gasteiger partial charge in [0.05, 0.1) is 11.9 Å². The Hall–Kier alpha value is -2.43. The first-order chi connectivity index (χ1) is 8.27. The highest BCUT2D eigenvalue weighted by Gasteiger charge is 2.10. The van der Waals surface area contributed by atoms with Crippen molar-refractivity contribution in [2.45, 2.75) is 6.92 Å². The zero-order valence-corrected chi connectivity index (χ0v) is 9.21. The number of hydrogen-bond acceptors (Lipinski definition) is 3. The van der Waals surface area contributed by atoms with Crippen LogP contribution in [0.15, 0.2) is 41.3 Å². The molecule has 0 bridgehead atoms. The number of aryl methyl sites for hydroxylation is 1. The van der Waals surface area contributed by atoms with Crippen molar-refractivity contribution in [3.8, 4) is 5.69 Å². The topological polar surface area (TPSA) is 63.6 Å². The molecule has 0 fully saturated rings. The molecule has 1 aromatic carbocycles. The van der Waals surface area contributed by atoms with Gasteiger partial charge in [0.25, 0.3) is 5.56 Å². The number of H-pyrrole nitrogens is 1. The Morgan fingerprint density at radius 1 is 1.24 bits per heavy atom. The fraction of sp³-hybridized carbons (Fsp3) is 0.0833. The summed E-state index contributed by atoms with van der Waals surface area (Å²) in [6, 6.07) is 9.44. The maximum Gasteiger partial charge on any atom is 0.269 e. The van der Waals surface area contributed by atoms with E-state index in [1.807, 2.05) is 30.3 Å². The largest absolute Gasteiger partial charge is 0.269 e. The van der Waals surface area contributed by atoms with Crippen molar-refractivity contribution < 1.29 is 0 Å². The molecule has 5 nitrogen and oxygen atoms in total. The predicted octanol–water partition coefficient (Wildman–Crippen LogP) is 1.42. The molecule has 2 heterocycles. The SMILES string of the molecule is Cc1nc2[nH]ncc2c(=O)n1-c1ccccc1. The maximum atomic E-state index is 12.3. The number of hydrogen-bond donors (Lipinski definition) is 1. The molecular weight excluding hydrogens is 216 g/mol. The number of fused-ring (bicyclic) bond motifs is 1. The molecule has 0 aliphatic heterocycles. The van der Waals surface area contributed by atoms with Gasteiger partial charge in [0, 0.05) is 0 Å². The van der Waals surface area contributed by atoms with E-state index in [4.69, 9.17) is 0 Å². The summed E-state index contributed by atoms with van der Waals surface area (Å²) in [5.74, 6) is 0.637. The average Bonchev–Trinajstić information content (AvgIpc) is 2.78. The van der Waals surface area contributed by atoms with E-state index in [9.17, 15) is 4.79 Å². The molecule has 0 unspecified atom stereocenters. The van der Waals surface area contributed by atoms with Gasteiger partial charge in [0.15, 0.2) is 5.65 Å². The van der Waals surface area contributed by atoms with Gasteiger partial charge in [0.2, 0.25) is 0 Å². The van der Waals surface area contributed by atoms with E-state index in [0.717, 1.165) is 5.69 Å². The van der Waals surface area contributed by atoms with Gasteiger partial charge in [-0.25, -0.2) is 4.98 Å². The van der Waals surface area contributed by atoms with Crippen LogP contribution in [0, 0.1) is 6.92 Å². The second-order valence-corrected chi connectivity index (χ2v) is 3.77. The van der Waals surface area contributed by atoms with E-state index in [1.54, 1.807) is 11.5 Å². The van der Waals surface area contributed by atoms with Crippen molar-refractivity contribution >= 4 is 11.0 Å². The normalized spacial score (nSPS) is 10.9. The maximum absolute atomic E-state index is 12.3. The van der Waals surface area contributed by atoms with E-state index < -0.39 is 0 Å². The van der Waals surface area contributed by atoms with Crippen molar-refractivity contribution in [3.05, 3.63) is 52.7 Å². The van der Waals surface area contributed by atoms with Crippen molar-refractivity contribution in [2.24, 2.45) is 0 Å². The zero-order valence-electron chi connectivity index (χ0n) is 9.21. The van der Waals surface area contributed by atoms with Crippen molar-refractivity contribution in [1.29, 1.82) is 0 Å². The first-order valence-electron chi connectivity index (χ1n) is 5.25. The second-order valence-electron chi connectivity index (χ2n) is 3.77. The molecule has 84 valence electrons. The molecular formula is C12H10N4O. The fourth-order valence-electron chi connectivity index (χ4n) is 1.88. The number of aromatic amines is 1. The minimum absolute atomic E-state index is 0.104. The summed E-state index contributed by atoms with van der Waals surface area (Å²) < 4.78 is 1.58. The van der Waals surface area contributed by atoms with Gasteiger partial charge in [-0.15, -0.1) is 0 Å². The number of benzene rings is 1. The molecule has 0 aliphatic carbocycles. The van der Waals surface area contributed by atoms with Gasteiger partial charge in [-0.3, -0.25) is 14.5 Å². The zero-order chi connectivity index (χ0) is 11.8. The highest BCUT2D eigenvalue weighted by Crippen LogP contribution is 2.09. The Bertz CT molecular complexity index is 727. The Kier molecular flexibility index (Phi) is 2.04. The lowest BCUT2D eigenvalue weighted by Gasteiger charge is -2.08. The van der Waals surface area contributed by atoms with Gasteiger partial charge >= 0.3 is 0 Å². The van der Waals surface area contributed by atoms with Gasteiger partial charge in [-0.1, -0.05) is 18.2 Å². The monoisotopic (exact) mass is 226 g/mol. The summed E-state index contributed by atoms with van der Waals surface area (Å²) in [5.41, 5.74) is 1.23. The van der Waals surface area contributed by atoms with Crippen LogP contribution in [0.2, 0.25) is 0 Å². The van der Waals surface area contributed by atoms with Crippen LogP contribution in [0.1, 0.15) is 5.82 Å². The van der Waals surface area contributed by atoms with E-state index in [0.29, 0.717) is 16.9 Å². The van der Waals surface area contributed by atoms with Crippen LogP contribution in [0.25, 0.3) is 16.7 Å². The van der Waals surface area contributed by atoms with Crippen molar-refractivity contribution in [1.82, 2.24) is 19.7 Å². The van der Waals surface area contributed by atoms with Crippen LogP contribution in [0.4, 0.5) is 0 Å². The molecule has 0 spiro atoms. The van der Waals surface area contributed by atoms with E-state index in [2.05, 4.69) is 15.2 Å². The number of nitrogens with one attached hydrogen (secondary N) is 1. The van der Waals surface area contributed by atoms with Crippen LogP contribution in [-0.4, -0.2) is 19.7 Å². The summed E-state index contributed by atoms with van der Waals surface area (Å²) in [7, 11) is 0. The number of aromatic nitrogens is 4. The molecule has 0 saturated carbocycles. The fourth-order valence-corrected chi connectivity index (χ4v) is 1.88. The minimum Gasteiger partial charge on any atom is -0.268 e.